The van der Waals surface area contributed by atoms with E-state index >= 15 is 0 Å². The molecular weight excluding hydrogens is 225 g/mol. The third kappa shape index (κ3) is 2.54. The summed E-state index contributed by atoms with van der Waals surface area (Å²) in [5, 5.41) is 7.06. The predicted octanol–water partition coefficient (Wildman–Crippen LogP) is 0.348. The molecule has 1 rings (SSSR count). The minimum absolute atomic E-state index is 0.132. The molecule has 0 fully saturated rings. The van der Waals surface area contributed by atoms with Gasteiger partial charge in [0.2, 0.25) is 10.0 Å². The van der Waals surface area contributed by atoms with Gasteiger partial charge in [-0.3, -0.25) is 4.79 Å². The van der Waals surface area contributed by atoms with Gasteiger partial charge in [0.25, 0.3) is 0 Å². The molecule has 0 aromatic rings. The number of nitrogens with zero attached hydrogens (tertiary/aromatic N) is 1. The Kier molecular flexibility index (Phi) is 3.46. The maximum Gasteiger partial charge on any atom is 0.323 e. The van der Waals surface area contributed by atoms with Gasteiger partial charge in [0.05, 0.1) is 6.54 Å². The van der Waals surface area contributed by atoms with E-state index in [-0.39, 0.29) is 19.5 Å². The second-order valence-corrected chi connectivity index (χ2v) is 5.55. The molecule has 7 heteroatoms. The number of hydrogen-bond donors (Lipinski definition) is 1. The third-order valence-corrected chi connectivity index (χ3v) is 4.35. The van der Waals surface area contributed by atoms with E-state index in [1.807, 2.05) is 0 Å². The molecule has 86 valence electrons. The Bertz CT molecular complexity index is 389. The van der Waals surface area contributed by atoms with Crippen LogP contribution in [0.2, 0.25) is 0 Å². The lowest BCUT2D eigenvalue weighted by molar-refractivity contribution is -0.136. The highest BCUT2D eigenvalue weighted by molar-refractivity contribution is 7.90. The van der Waals surface area contributed by atoms with Crippen molar-refractivity contribution >= 4 is 16.0 Å². The summed E-state index contributed by atoms with van der Waals surface area (Å²) in [5.74, 6) is -1.97. The standard InChI is InChI=1S/C8H12FNO4S/c1-6(8(11)12)15(13,14)10-4-2-3-7(9)5-10/h3,6H,2,4-5H2,1H3,(H,11,12). The minimum atomic E-state index is -3.94. The van der Waals surface area contributed by atoms with Crippen molar-refractivity contribution in [2.24, 2.45) is 0 Å². The van der Waals surface area contributed by atoms with Gasteiger partial charge in [0.15, 0.2) is 5.25 Å². The molecule has 5 nitrogen and oxygen atoms in total. The maximum absolute atomic E-state index is 12.8. The first-order chi connectivity index (χ1) is 6.85. The monoisotopic (exact) mass is 237 g/mol. The molecule has 1 unspecified atom stereocenters. The molecule has 1 atom stereocenters. The van der Waals surface area contributed by atoms with E-state index in [1.54, 1.807) is 0 Å². The zero-order valence-corrected chi connectivity index (χ0v) is 9.00. The molecule has 0 saturated carbocycles. The summed E-state index contributed by atoms with van der Waals surface area (Å²) in [6.45, 7) is 0.848. The average molecular weight is 237 g/mol. The SMILES string of the molecule is CC(C(=O)O)S(=O)(=O)N1CCC=C(F)C1. The number of carbonyl (C=O) groups is 1. The van der Waals surface area contributed by atoms with Crippen LogP contribution in [0.15, 0.2) is 11.9 Å². The molecule has 1 N–H and O–H groups in total. The van der Waals surface area contributed by atoms with Crippen LogP contribution in [0, 0.1) is 0 Å². The Balaban J connectivity index is 2.88. The number of carboxylic acid groups (broad SMARTS) is 1. The lowest BCUT2D eigenvalue weighted by Gasteiger charge is -2.25. The van der Waals surface area contributed by atoms with E-state index in [9.17, 15) is 17.6 Å². The van der Waals surface area contributed by atoms with E-state index in [0.717, 1.165) is 11.2 Å². The van der Waals surface area contributed by atoms with Crippen molar-refractivity contribution in [3.05, 3.63) is 11.9 Å². The zero-order chi connectivity index (χ0) is 11.6. The Hall–Kier alpha value is -0.950. The zero-order valence-electron chi connectivity index (χ0n) is 8.18. The first-order valence-electron chi connectivity index (χ1n) is 4.42. The summed E-state index contributed by atoms with van der Waals surface area (Å²) >= 11 is 0. The Morgan fingerprint density at radius 1 is 1.67 bits per heavy atom. The Morgan fingerprint density at radius 3 is 2.73 bits per heavy atom. The maximum atomic E-state index is 12.8. The Morgan fingerprint density at radius 2 is 2.27 bits per heavy atom. The van der Waals surface area contributed by atoms with Gasteiger partial charge in [0.1, 0.15) is 5.83 Å². The van der Waals surface area contributed by atoms with Crippen LogP contribution in [0.25, 0.3) is 0 Å². The first kappa shape index (κ1) is 12.1. The summed E-state index contributed by atoms with van der Waals surface area (Å²) in [4.78, 5) is 10.6. The van der Waals surface area contributed by atoms with Crippen molar-refractivity contribution in [3.8, 4) is 0 Å². The van der Waals surface area contributed by atoms with Gasteiger partial charge in [0, 0.05) is 6.54 Å². The van der Waals surface area contributed by atoms with Gasteiger partial charge in [-0.1, -0.05) is 6.08 Å². The minimum Gasteiger partial charge on any atom is -0.480 e. The second-order valence-electron chi connectivity index (χ2n) is 3.30. The highest BCUT2D eigenvalue weighted by Crippen LogP contribution is 2.17. The van der Waals surface area contributed by atoms with Crippen LogP contribution in [-0.2, 0) is 14.8 Å². The van der Waals surface area contributed by atoms with Crippen LogP contribution in [-0.4, -0.2) is 42.1 Å². The van der Waals surface area contributed by atoms with Crippen molar-refractivity contribution in [3.63, 3.8) is 0 Å². The van der Waals surface area contributed by atoms with E-state index in [0.29, 0.717) is 0 Å². The van der Waals surface area contributed by atoms with Crippen LogP contribution >= 0.6 is 0 Å². The van der Waals surface area contributed by atoms with Crippen molar-refractivity contribution in [1.29, 1.82) is 0 Å². The van der Waals surface area contributed by atoms with Gasteiger partial charge in [-0.05, 0) is 13.3 Å². The molecule has 0 bridgehead atoms. The van der Waals surface area contributed by atoms with Crippen LogP contribution in [0.5, 0.6) is 0 Å². The molecule has 0 aromatic carbocycles. The number of hydrogen-bond acceptors (Lipinski definition) is 3. The second kappa shape index (κ2) is 4.28. The summed E-state index contributed by atoms with van der Waals surface area (Å²) in [5.41, 5.74) is 0. The number of aliphatic carboxylic acids is 1. The van der Waals surface area contributed by atoms with Crippen molar-refractivity contribution in [1.82, 2.24) is 4.31 Å². The molecule has 0 aliphatic carbocycles. The number of halogens is 1. The largest absolute Gasteiger partial charge is 0.480 e. The summed E-state index contributed by atoms with van der Waals surface area (Å²) in [7, 11) is -3.94. The van der Waals surface area contributed by atoms with Gasteiger partial charge in [-0.15, -0.1) is 0 Å². The quantitative estimate of drug-likeness (QED) is 0.768. The topological polar surface area (TPSA) is 74.7 Å². The highest BCUT2D eigenvalue weighted by Gasteiger charge is 2.34. The van der Waals surface area contributed by atoms with Gasteiger partial charge in [-0.2, -0.15) is 4.31 Å². The molecule has 0 saturated heterocycles. The summed E-state index contributed by atoms with van der Waals surface area (Å²) < 4.78 is 36.9. The normalized spacial score (nSPS) is 20.8. The van der Waals surface area contributed by atoms with E-state index in [1.165, 1.54) is 6.08 Å². The Labute approximate surface area is 87.2 Å². The molecule has 0 amide bonds. The van der Waals surface area contributed by atoms with Gasteiger partial charge in [-0.25, -0.2) is 12.8 Å². The molecule has 1 heterocycles. The molecule has 0 radical (unpaired) electrons. The molecule has 1 aliphatic rings. The fraction of sp³-hybridized carbons (Fsp3) is 0.625. The molecule has 0 spiro atoms. The van der Waals surface area contributed by atoms with Crippen molar-refractivity contribution < 1.29 is 22.7 Å². The fourth-order valence-electron chi connectivity index (χ4n) is 1.25. The van der Waals surface area contributed by atoms with Crippen molar-refractivity contribution in [2.45, 2.75) is 18.6 Å². The van der Waals surface area contributed by atoms with E-state index in [2.05, 4.69) is 0 Å². The summed E-state index contributed by atoms with van der Waals surface area (Å²) in [6, 6.07) is 0. The average Bonchev–Trinajstić information content (AvgIpc) is 2.16. The number of sulfonamides is 1. The smallest absolute Gasteiger partial charge is 0.323 e. The third-order valence-electron chi connectivity index (χ3n) is 2.23. The lowest BCUT2D eigenvalue weighted by atomic mass is 10.3. The van der Waals surface area contributed by atoms with Gasteiger partial charge >= 0.3 is 5.97 Å². The molecule has 15 heavy (non-hydrogen) atoms. The number of carboxylic acids is 1. The highest BCUT2D eigenvalue weighted by atomic mass is 32.2. The van der Waals surface area contributed by atoms with Crippen LogP contribution in [0.1, 0.15) is 13.3 Å². The summed E-state index contributed by atoms with van der Waals surface area (Å²) in [6.07, 6.45) is 1.58. The van der Waals surface area contributed by atoms with Crippen LogP contribution in [0.4, 0.5) is 4.39 Å². The van der Waals surface area contributed by atoms with Gasteiger partial charge < -0.3 is 5.11 Å². The predicted molar refractivity (Wildman–Crippen MR) is 51.4 cm³/mol. The first-order valence-corrected chi connectivity index (χ1v) is 5.92. The molecular formula is C8H12FNO4S. The van der Waals surface area contributed by atoms with E-state index < -0.39 is 27.1 Å². The molecule has 1 aliphatic heterocycles. The van der Waals surface area contributed by atoms with E-state index in [4.69, 9.17) is 5.11 Å². The lowest BCUT2D eigenvalue weighted by Crippen LogP contribution is -2.43. The molecule has 0 aromatic heterocycles. The fourth-order valence-corrected chi connectivity index (χ4v) is 2.61. The van der Waals surface area contributed by atoms with Crippen molar-refractivity contribution in [2.75, 3.05) is 13.1 Å². The van der Waals surface area contributed by atoms with Crippen LogP contribution < -0.4 is 0 Å². The number of rotatable bonds is 3. The van der Waals surface area contributed by atoms with Crippen LogP contribution in [0.3, 0.4) is 0 Å².